The van der Waals surface area contributed by atoms with E-state index in [-0.39, 0.29) is 6.61 Å². The van der Waals surface area contributed by atoms with Crippen LogP contribution < -0.4 is 0 Å². The number of unbranched alkanes of at least 4 members (excludes halogenated alkanes) is 9. The summed E-state index contributed by atoms with van der Waals surface area (Å²) in [5.41, 5.74) is 0.386. The van der Waals surface area contributed by atoms with E-state index in [1.54, 1.807) is 6.92 Å². The highest BCUT2D eigenvalue weighted by Crippen LogP contribution is 2.10. The molecular formula is C26H50O7. The maximum absolute atomic E-state index is 11.1. The van der Waals surface area contributed by atoms with Gasteiger partial charge < -0.3 is 28.4 Å². The molecule has 0 spiro atoms. The van der Waals surface area contributed by atoms with Gasteiger partial charge in [-0.05, 0) is 13.3 Å². The van der Waals surface area contributed by atoms with E-state index in [1.165, 1.54) is 57.8 Å². The molecule has 0 saturated carbocycles. The van der Waals surface area contributed by atoms with Gasteiger partial charge in [-0.3, -0.25) is 0 Å². The van der Waals surface area contributed by atoms with E-state index in [4.69, 9.17) is 28.4 Å². The Bertz CT molecular complexity index is 429. The second-order valence-electron chi connectivity index (χ2n) is 8.16. The van der Waals surface area contributed by atoms with Crippen LogP contribution in [0, 0.1) is 0 Å². The first-order valence-corrected chi connectivity index (χ1v) is 12.9. The lowest BCUT2D eigenvalue weighted by atomic mass is 10.1. The quantitative estimate of drug-likeness (QED) is 0.0930. The standard InChI is InChI=1S/C26H50O7/c1-4-5-6-7-8-9-10-11-12-13-14-28-15-16-29-17-18-30-19-20-31-21-22-32-23-24-33-26(27)25(2)3/h2,4-24H2,1,3H3. The van der Waals surface area contributed by atoms with Crippen LogP contribution in [0.3, 0.4) is 0 Å². The molecule has 0 radical (unpaired) electrons. The molecule has 0 aliphatic rings. The Morgan fingerprint density at radius 3 is 1.24 bits per heavy atom. The molecule has 0 amide bonds. The van der Waals surface area contributed by atoms with Gasteiger partial charge in [-0.1, -0.05) is 71.3 Å². The third-order valence-electron chi connectivity index (χ3n) is 4.94. The van der Waals surface area contributed by atoms with Crippen molar-refractivity contribution in [3.8, 4) is 0 Å². The zero-order valence-electron chi connectivity index (χ0n) is 21.4. The van der Waals surface area contributed by atoms with Gasteiger partial charge in [-0.2, -0.15) is 0 Å². The van der Waals surface area contributed by atoms with E-state index in [0.717, 1.165) is 13.0 Å². The molecule has 196 valence electrons. The molecule has 0 rings (SSSR count). The van der Waals surface area contributed by atoms with Gasteiger partial charge in [-0.15, -0.1) is 0 Å². The van der Waals surface area contributed by atoms with Crippen LogP contribution in [0.25, 0.3) is 0 Å². The number of carbonyl (C=O) groups excluding carboxylic acids is 1. The maximum Gasteiger partial charge on any atom is 0.333 e. The fourth-order valence-corrected chi connectivity index (χ4v) is 2.99. The van der Waals surface area contributed by atoms with Gasteiger partial charge in [0, 0.05) is 12.2 Å². The monoisotopic (exact) mass is 474 g/mol. The average molecular weight is 475 g/mol. The second kappa shape index (κ2) is 27.3. The highest BCUT2D eigenvalue weighted by molar-refractivity contribution is 5.86. The molecule has 0 fully saturated rings. The van der Waals surface area contributed by atoms with Gasteiger partial charge in [0.25, 0.3) is 0 Å². The van der Waals surface area contributed by atoms with Crippen LogP contribution in [0.1, 0.15) is 78.1 Å². The normalized spacial score (nSPS) is 11.1. The number of carbonyl (C=O) groups is 1. The number of hydrogen-bond donors (Lipinski definition) is 0. The molecule has 7 nitrogen and oxygen atoms in total. The van der Waals surface area contributed by atoms with E-state index in [1.807, 2.05) is 0 Å². The SMILES string of the molecule is C=C(C)C(=O)OCCOCCOCCOCCOCCOCCCCCCCCCCCC. The summed E-state index contributed by atoms with van der Waals surface area (Å²) in [6, 6.07) is 0. The summed E-state index contributed by atoms with van der Waals surface area (Å²) in [6.45, 7) is 13.1. The van der Waals surface area contributed by atoms with Gasteiger partial charge in [0.2, 0.25) is 0 Å². The highest BCUT2D eigenvalue weighted by atomic mass is 16.6. The summed E-state index contributed by atoms with van der Waals surface area (Å²) in [6.07, 6.45) is 13.4. The molecule has 7 heteroatoms. The van der Waals surface area contributed by atoms with Gasteiger partial charge in [0.1, 0.15) is 6.61 Å². The summed E-state index contributed by atoms with van der Waals surface area (Å²) in [5.74, 6) is -0.396. The van der Waals surface area contributed by atoms with Gasteiger partial charge >= 0.3 is 5.97 Å². The Balaban J connectivity index is 3.05. The maximum atomic E-state index is 11.1. The first-order chi connectivity index (χ1) is 16.2. The van der Waals surface area contributed by atoms with E-state index in [2.05, 4.69) is 13.5 Å². The first-order valence-electron chi connectivity index (χ1n) is 12.9. The van der Waals surface area contributed by atoms with Crippen molar-refractivity contribution in [3.63, 3.8) is 0 Å². The summed E-state index contributed by atoms with van der Waals surface area (Å²) >= 11 is 0. The number of esters is 1. The van der Waals surface area contributed by atoms with Crippen LogP contribution in [0.2, 0.25) is 0 Å². The van der Waals surface area contributed by atoms with Crippen molar-refractivity contribution in [1.29, 1.82) is 0 Å². The minimum Gasteiger partial charge on any atom is -0.460 e. The minimum atomic E-state index is -0.396. The Hall–Kier alpha value is -0.990. The molecule has 0 aliphatic carbocycles. The zero-order valence-corrected chi connectivity index (χ0v) is 21.4. The first kappa shape index (κ1) is 32.0. The second-order valence-corrected chi connectivity index (χ2v) is 8.16. The van der Waals surface area contributed by atoms with Crippen molar-refractivity contribution in [3.05, 3.63) is 12.2 Å². The van der Waals surface area contributed by atoms with Gasteiger partial charge in [0.05, 0.1) is 59.5 Å². The predicted molar refractivity (Wildman–Crippen MR) is 132 cm³/mol. The summed E-state index contributed by atoms with van der Waals surface area (Å²) in [4.78, 5) is 11.1. The van der Waals surface area contributed by atoms with E-state index < -0.39 is 5.97 Å². The molecule has 0 aromatic heterocycles. The van der Waals surface area contributed by atoms with Crippen molar-refractivity contribution in [2.24, 2.45) is 0 Å². The molecule has 0 heterocycles. The Morgan fingerprint density at radius 1 is 0.515 bits per heavy atom. The molecule has 33 heavy (non-hydrogen) atoms. The largest absolute Gasteiger partial charge is 0.460 e. The van der Waals surface area contributed by atoms with E-state index >= 15 is 0 Å². The Kier molecular flexibility index (Phi) is 26.4. The lowest BCUT2D eigenvalue weighted by Gasteiger charge is -2.08. The molecule has 0 N–H and O–H groups in total. The summed E-state index contributed by atoms with van der Waals surface area (Å²) < 4.78 is 32.2. The summed E-state index contributed by atoms with van der Waals surface area (Å²) in [5, 5.41) is 0. The molecule has 0 atom stereocenters. The number of ether oxygens (including phenoxy) is 6. The third kappa shape index (κ3) is 27.1. The molecule has 0 aromatic carbocycles. The topological polar surface area (TPSA) is 72.5 Å². The predicted octanol–water partition coefficient (Wildman–Crippen LogP) is 5.11. The third-order valence-corrected chi connectivity index (χ3v) is 4.94. The van der Waals surface area contributed by atoms with Gasteiger partial charge in [-0.25, -0.2) is 4.79 Å². The van der Waals surface area contributed by atoms with E-state index in [9.17, 15) is 4.79 Å². The number of hydrogen-bond acceptors (Lipinski definition) is 7. The number of rotatable bonds is 27. The Labute approximate surface area is 202 Å². The van der Waals surface area contributed by atoms with Crippen molar-refractivity contribution < 1.29 is 33.2 Å². The molecule has 0 unspecified atom stereocenters. The lowest BCUT2D eigenvalue weighted by Crippen LogP contribution is -2.15. The van der Waals surface area contributed by atoms with Crippen LogP contribution in [0.5, 0.6) is 0 Å². The van der Waals surface area contributed by atoms with Crippen molar-refractivity contribution >= 4 is 5.97 Å². The zero-order chi connectivity index (χ0) is 24.2. The van der Waals surface area contributed by atoms with Crippen LogP contribution in [-0.2, 0) is 33.2 Å². The van der Waals surface area contributed by atoms with Gasteiger partial charge in [0.15, 0.2) is 0 Å². The lowest BCUT2D eigenvalue weighted by molar-refractivity contribution is -0.140. The molecule has 0 bridgehead atoms. The summed E-state index contributed by atoms with van der Waals surface area (Å²) in [7, 11) is 0. The van der Waals surface area contributed by atoms with Crippen molar-refractivity contribution in [1.82, 2.24) is 0 Å². The van der Waals surface area contributed by atoms with E-state index in [0.29, 0.717) is 65.0 Å². The smallest absolute Gasteiger partial charge is 0.333 e. The molecule has 0 aliphatic heterocycles. The fourth-order valence-electron chi connectivity index (χ4n) is 2.99. The molecular weight excluding hydrogens is 424 g/mol. The van der Waals surface area contributed by atoms with Crippen molar-refractivity contribution in [2.75, 3.05) is 72.7 Å². The molecule has 0 saturated heterocycles. The molecule has 0 aromatic rings. The van der Waals surface area contributed by atoms with Crippen LogP contribution >= 0.6 is 0 Å². The Morgan fingerprint density at radius 2 is 0.848 bits per heavy atom. The van der Waals surface area contributed by atoms with Crippen molar-refractivity contribution in [2.45, 2.75) is 78.1 Å². The average Bonchev–Trinajstić information content (AvgIpc) is 2.81. The fraction of sp³-hybridized carbons (Fsp3) is 0.885. The highest BCUT2D eigenvalue weighted by Gasteiger charge is 2.01. The van der Waals surface area contributed by atoms with Crippen LogP contribution in [0.15, 0.2) is 12.2 Å². The van der Waals surface area contributed by atoms with Crippen LogP contribution in [-0.4, -0.2) is 78.6 Å². The minimum absolute atomic E-state index is 0.221. The van der Waals surface area contributed by atoms with Crippen LogP contribution in [0.4, 0.5) is 0 Å².